The number of cyclic esters (lactones) is 1. The SMILES string of the molecule is CC1=C[C@H]2OC3C[C@H]4OC(=O)/C=C\C=C\C(C(C)O)OCC/C(C)=C\C(=O)OC[C@@]2(CC1)C4(C)[C@]31CO1. The number of epoxide rings is 1. The summed E-state index contributed by atoms with van der Waals surface area (Å²) in [6, 6.07) is 0. The first-order valence-electron chi connectivity index (χ1n) is 13.3. The van der Waals surface area contributed by atoms with E-state index in [0.29, 0.717) is 26.1 Å². The van der Waals surface area contributed by atoms with Gasteiger partial charge in [0.2, 0.25) is 0 Å². The molecule has 0 aromatic carbocycles. The Bertz CT molecular complexity index is 1050. The van der Waals surface area contributed by atoms with E-state index in [1.54, 1.807) is 25.2 Å². The molecule has 0 amide bonds. The molecule has 5 aliphatic rings. The van der Waals surface area contributed by atoms with Crippen molar-refractivity contribution in [2.75, 3.05) is 19.8 Å². The molecule has 8 nitrogen and oxygen atoms in total. The smallest absolute Gasteiger partial charge is 0.331 e. The normalized spacial score (nSPS) is 46.2. The van der Waals surface area contributed by atoms with Gasteiger partial charge in [-0.05, 0) is 40.0 Å². The standard InChI is InChI=1S/C29H38O8/c1-18-9-11-28-16-34-26(32)14-19(2)10-12-33-21(20(3)30)7-5-6-8-25(31)37-22-15-24(36-23(28)13-18)29(17-35-29)27(22,28)4/h5-8,13-14,20-24,30H,9-12,15-17H2,1-4H3/b7-5+,8-6-,19-14-/t20?,21?,22-,23-,24?,27?,28-,29+/m1/s1. The van der Waals surface area contributed by atoms with Crippen LogP contribution in [-0.4, -0.2) is 73.0 Å². The Labute approximate surface area is 218 Å². The molecule has 3 aliphatic heterocycles. The van der Waals surface area contributed by atoms with Crippen LogP contribution in [0.5, 0.6) is 0 Å². The molecular weight excluding hydrogens is 476 g/mol. The van der Waals surface area contributed by atoms with Crippen molar-refractivity contribution in [3.05, 3.63) is 47.6 Å². The summed E-state index contributed by atoms with van der Waals surface area (Å²) in [5.74, 6) is -0.879. The lowest BCUT2D eigenvalue weighted by Gasteiger charge is -2.58. The predicted molar refractivity (Wildman–Crippen MR) is 134 cm³/mol. The number of hydrogen-bond donors (Lipinski definition) is 1. The van der Waals surface area contributed by atoms with E-state index in [1.807, 2.05) is 6.92 Å². The highest BCUT2D eigenvalue weighted by molar-refractivity contribution is 5.83. The lowest BCUT2D eigenvalue weighted by Crippen LogP contribution is -2.66. The van der Waals surface area contributed by atoms with E-state index in [0.717, 1.165) is 18.4 Å². The Morgan fingerprint density at radius 3 is 2.57 bits per heavy atom. The summed E-state index contributed by atoms with van der Waals surface area (Å²) < 4.78 is 30.6. The molecule has 2 bridgehead atoms. The lowest BCUT2D eigenvalue weighted by molar-refractivity contribution is -0.232. The van der Waals surface area contributed by atoms with Gasteiger partial charge < -0.3 is 28.8 Å². The number of carbonyl (C=O) groups excluding carboxylic acids is 2. The Kier molecular flexibility index (Phi) is 6.98. The Morgan fingerprint density at radius 1 is 1.05 bits per heavy atom. The minimum Gasteiger partial charge on any atom is -0.462 e. The highest BCUT2D eigenvalue weighted by Gasteiger charge is 2.83. The number of aliphatic hydroxyl groups excluding tert-OH is 1. The minimum absolute atomic E-state index is 0.144. The van der Waals surface area contributed by atoms with Crippen LogP contribution in [-0.2, 0) is 33.3 Å². The van der Waals surface area contributed by atoms with Crippen molar-refractivity contribution < 1.29 is 38.4 Å². The van der Waals surface area contributed by atoms with Crippen LogP contribution in [0.25, 0.3) is 0 Å². The third kappa shape index (κ3) is 4.42. The van der Waals surface area contributed by atoms with Crippen molar-refractivity contribution in [1.82, 2.24) is 0 Å². The van der Waals surface area contributed by atoms with Gasteiger partial charge in [-0.1, -0.05) is 42.4 Å². The van der Waals surface area contributed by atoms with E-state index >= 15 is 0 Å². The van der Waals surface area contributed by atoms with Crippen LogP contribution in [0.4, 0.5) is 0 Å². The molecule has 0 radical (unpaired) electrons. The second-order valence-corrected chi connectivity index (χ2v) is 11.4. The monoisotopic (exact) mass is 514 g/mol. The zero-order valence-electron chi connectivity index (χ0n) is 22.1. The first kappa shape index (κ1) is 26.4. The van der Waals surface area contributed by atoms with Crippen molar-refractivity contribution in [1.29, 1.82) is 0 Å². The molecule has 0 aromatic rings. The van der Waals surface area contributed by atoms with Crippen LogP contribution in [0.15, 0.2) is 47.6 Å². The van der Waals surface area contributed by atoms with Crippen LogP contribution >= 0.6 is 0 Å². The Balaban J connectivity index is 1.51. The second-order valence-electron chi connectivity index (χ2n) is 11.4. The molecule has 2 saturated heterocycles. The number of rotatable bonds is 1. The molecule has 4 unspecified atom stereocenters. The first-order valence-corrected chi connectivity index (χ1v) is 13.3. The quantitative estimate of drug-likeness (QED) is 0.323. The topological polar surface area (TPSA) is 104 Å². The van der Waals surface area contributed by atoms with E-state index < -0.39 is 46.7 Å². The number of allylic oxidation sites excluding steroid dienone is 3. The molecule has 8 atom stereocenters. The maximum Gasteiger partial charge on any atom is 0.331 e. The molecule has 0 aromatic heterocycles. The van der Waals surface area contributed by atoms with Crippen LogP contribution in [0.1, 0.15) is 53.4 Å². The van der Waals surface area contributed by atoms with Gasteiger partial charge in [0.15, 0.2) is 0 Å². The molecule has 1 saturated carbocycles. The number of aliphatic hydroxyl groups is 1. The summed E-state index contributed by atoms with van der Waals surface area (Å²) in [5.41, 5.74) is 0.318. The van der Waals surface area contributed by atoms with Gasteiger partial charge in [0.1, 0.15) is 24.4 Å². The average molecular weight is 515 g/mol. The minimum atomic E-state index is -0.735. The van der Waals surface area contributed by atoms with Gasteiger partial charge in [-0.3, -0.25) is 0 Å². The molecule has 5 rings (SSSR count). The van der Waals surface area contributed by atoms with Gasteiger partial charge in [-0.25, -0.2) is 9.59 Å². The molecule has 1 N–H and O–H groups in total. The Morgan fingerprint density at radius 2 is 1.84 bits per heavy atom. The van der Waals surface area contributed by atoms with Gasteiger partial charge in [0.25, 0.3) is 0 Å². The zero-order valence-corrected chi connectivity index (χ0v) is 22.1. The van der Waals surface area contributed by atoms with Crippen molar-refractivity contribution >= 4 is 11.9 Å². The van der Waals surface area contributed by atoms with Gasteiger partial charge in [-0.2, -0.15) is 0 Å². The third-order valence-corrected chi connectivity index (χ3v) is 9.24. The summed E-state index contributed by atoms with van der Waals surface area (Å²) in [5, 5.41) is 10.0. The molecular formula is C29H38O8. The van der Waals surface area contributed by atoms with Gasteiger partial charge >= 0.3 is 11.9 Å². The molecule has 8 heteroatoms. The summed E-state index contributed by atoms with van der Waals surface area (Å²) in [4.78, 5) is 25.9. The van der Waals surface area contributed by atoms with Crippen LogP contribution in [0.2, 0.25) is 0 Å². The van der Waals surface area contributed by atoms with Crippen LogP contribution < -0.4 is 0 Å². The van der Waals surface area contributed by atoms with Gasteiger partial charge in [0.05, 0.1) is 36.9 Å². The average Bonchev–Trinajstić information content (AvgIpc) is 3.61. The molecule has 2 spiro atoms. The van der Waals surface area contributed by atoms with E-state index in [9.17, 15) is 14.7 Å². The highest BCUT2D eigenvalue weighted by atomic mass is 16.6. The molecule has 37 heavy (non-hydrogen) atoms. The first-order chi connectivity index (χ1) is 17.6. The fourth-order valence-electron chi connectivity index (χ4n) is 6.85. The van der Waals surface area contributed by atoms with Crippen molar-refractivity contribution in [2.24, 2.45) is 10.8 Å². The molecule has 3 heterocycles. The number of ether oxygens (including phenoxy) is 5. The lowest BCUT2D eigenvalue weighted by atomic mass is 9.51. The number of hydrogen-bond acceptors (Lipinski definition) is 8. The maximum absolute atomic E-state index is 12.9. The summed E-state index contributed by atoms with van der Waals surface area (Å²) >= 11 is 0. The number of esters is 2. The summed E-state index contributed by atoms with van der Waals surface area (Å²) in [7, 11) is 0. The largest absolute Gasteiger partial charge is 0.462 e. The number of carbonyl (C=O) groups is 2. The Hall–Kier alpha value is -2.26. The highest BCUT2D eigenvalue weighted by Crippen LogP contribution is 2.72. The molecule has 202 valence electrons. The van der Waals surface area contributed by atoms with Crippen molar-refractivity contribution in [3.8, 4) is 0 Å². The fraction of sp³-hybridized carbons (Fsp3) is 0.655. The third-order valence-electron chi connectivity index (χ3n) is 9.24. The molecule has 2 aliphatic carbocycles. The zero-order chi connectivity index (χ0) is 26.4. The van der Waals surface area contributed by atoms with E-state index in [2.05, 4.69) is 19.9 Å². The van der Waals surface area contributed by atoms with Gasteiger partial charge in [-0.15, -0.1) is 0 Å². The molecule has 3 fully saturated rings. The fourth-order valence-corrected chi connectivity index (χ4v) is 6.85. The predicted octanol–water partition coefficient (Wildman–Crippen LogP) is 3.34. The van der Waals surface area contributed by atoms with Crippen LogP contribution in [0, 0.1) is 10.8 Å². The van der Waals surface area contributed by atoms with Crippen molar-refractivity contribution in [2.45, 2.75) is 89.5 Å². The van der Waals surface area contributed by atoms with E-state index in [-0.39, 0.29) is 18.8 Å². The summed E-state index contributed by atoms with van der Waals surface area (Å²) in [6.45, 7) is 8.73. The van der Waals surface area contributed by atoms with E-state index in [1.165, 1.54) is 17.7 Å². The summed E-state index contributed by atoms with van der Waals surface area (Å²) in [6.07, 6.45) is 10.5. The maximum atomic E-state index is 12.9. The second kappa shape index (κ2) is 9.80. The van der Waals surface area contributed by atoms with Crippen molar-refractivity contribution in [3.63, 3.8) is 0 Å². The van der Waals surface area contributed by atoms with Gasteiger partial charge in [0, 0.05) is 24.0 Å². The van der Waals surface area contributed by atoms with E-state index in [4.69, 9.17) is 23.7 Å². The van der Waals surface area contributed by atoms with Crippen LogP contribution in [0.3, 0.4) is 0 Å².